The highest BCUT2D eigenvalue weighted by atomic mass is 32.1. The molecule has 0 spiro atoms. The summed E-state index contributed by atoms with van der Waals surface area (Å²) in [6.45, 7) is 1.33. The molecule has 0 radical (unpaired) electrons. The Morgan fingerprint density at radius 2 is 1.69 bits per heavy atom. The zero-order chi connectivity index (χ0) is 22.7. The number of nitrogens with zero attached hydrogens (tertiary/aromatic N) is 2. The largest absolute Gasteiger partial charge is 0.458 e. The van der Waals surface area contributed by atoms with Crippen molar-refractivity contribution in [3.8, 4) is 0 Å². The minimum atomic E-state index is -0.716. The third kappa shape index (κ3) is 4.57. The van der Waals surface area contributed by atoms with Crippen LogP contribution in [0.25, 0.3) is 0 Å². The van der Waals surface area contributed by atoms with E-state index in [0.29, 0.717) is 10.7 Å². The molecule has 1 aromatic heterocycles. The predicted molar refractivity (Wildman–Crippen MR) is 117 cm³/mol. The maximum atomic E-state index is 12.3. The number of benzene rings is 2. The smallest absolute Gasteiger partial charge is 0.326 e. The highest BCUT2D eigenvalue weighted by Crippen LogP contribution is 2.22. The van der Waals surface area contributed by atoms with Crippen molar-refractivity contribution in [2.45, 2.75) is 20.0 Å². The second-order valence-corrected chi connectivity index (χ2v) is 8.12. The number of imide groups is 1. The number of carbonyl (C=O) groups is 4. The van der Waals surface area contributed by atoms with Crippen molar-refractivity contribution in [1.29, 1.82) is 0 Å². The monoisotopic (exact) mass is 449 g/mol. The van der Waals surface area contributed by atoms with Crippen molar-refractivity contribution >= 4 is 40.7 Å². The number of aromatic nitrogens is 1. The lowest BCUT2D eigenvalue weighted by atomic mass is 10.1. The van der Waals surface area contributed by atoms with Crippen molar-refractivity contribution < 1.29 is 23.9 Å². The van der Waals surface area contributed by atoms with Crippen molar-refractivity contribution in [2.24, 2.45) is 0 Å². The molecule has 2 heterocycles. The Morgan fingerprint density at radius 1 is 1.03 bits per heavy atom. The minimum absolute atomic E-state index is 0.0992. The summed E-state index contributed by atoms with van der Waals surface area (Å²) in [5, 5.41) is 5.13. The van der Waals surface area contributed by atoms with Crippen LogP contribution in [0.4, 0.5) is 5.69 Å². The molecule has 4 rings (SSSR count). The fourth-order valence-electron chi connectivity index (χ4n) is 3.25. The summed E-state index contributed by atoms with van der Waals surface area (Å²) in [6.07, 6.45) is 0.0992. The van der Waals surface area contributed by atoms with Gasteiger partial charge in [-0.3, -0.25) is 24.1 Å². The van der Waals surface area contributed by atoms with E-state index in [1.165, 1.54) is 11.3 Å². The molecule has 1 aliphatic rings. The molecule has 0 aliphatic carbocycles. The second kappa shape index (κ2) is 9.11. The number of amides is 3. The van der Waals surface area contributed by atoms with Crippen LogP contribution >= 0.6 is 11.3 Å². The van der Waals surface area contributed by atoms with Gasteiger partial charge in [0.05, 0.1) is 23.2 Å². The van der Waals surface area contributed by atoms with Gasteiger partial charge in [-0.25, -0.2) is 4.98 Å². The third-order valence-corrected chi connectivity index (χ3v) is 5.77. The molecule has 0 unspecified atom stereocenters. The number of esters is 1. The molecule has 2 aromatic carbocycles. The predicted octanol–water partition coefficient (Wildman–Crippen LogP) is 2.97. The van der Waals surface area contributed by atoms with Crippen LogP contribution in [0.15, 0.2) is 53.9 Å². The van der Waals surface area contributed by atoms with Gasteiger partial charge in [0.1, 0.15) is 18.2 Å². The molecule has 0 bridgehead atoms. The number of thiazole rings is 1. The van der Waals surface area contributed by atoms with Crippen LogP contribution in [-0.4, -0.2) is 40.1 Å². The highest BCUT2D eigenvalue weighted by molar-refractivity contribution is 7.09. The van der Waals surface area contributed by atoms with Gasteiger partial charge < -0.3 is 10.1 Å². The first-order chi connectivity index (χ1) is 15.4. The van der Waals surface area contributed by atoms with Gasteiger partial charge in [-0.05, 0) is 30.7 Å². The first kappa shape index (κ1) is 21.4. The molecule has 3 amide bonds. The number of hydrogen-bond acceptors (Lipinski definition) is 7. The Labute approximate surface area is 187 Å². The fourth-order valence-corrected chi connectivity index (χ4v) is 4.03. The number of aryl methyl sites for hydroxylation is 1. The first-order valence-electron chi connectivity index (χ1n) is 9.82. The molecular formula is C23H19N3O5S. The normalized spacial score (nSPS) is 12.6. The molecule has 0 saturated heterocycles. The molecule has 0 atom stereocenters. The van der Waals surface area contributed by atoms with E-state index in [9.17, 15) is 19.2 Å². The molecule has 162 valence electrons. The van der Waals surface area contributed by atoms with Gasteiger partial charge in [0, 0.05) is 11.1 Å². The molecule has 32 heavy (non-hydrogen) atoms. The summed E-state index contributed by atoms with van der Waals surface area (Å²) in [5.74, 6) is -1.94. The van der Waals surface area contributed by atoms with E-state index in [1.54, 1.807) is 29.6 Å². The van der Waals surface area contributed by atoms with E-state index in [4.69, 9.17) is 4.74 Å². The van der Waals surface area contributed by atoms with Gasteiger partial charge in [0.2, 0.25) is 5.91 Å². The molecule has 0 fully saturated rings. The van der Waals surface area contributed by atoms with E-state index in [1.807, 2.05) is 31.2 Å². The lowest BCUT2D eigenvalue weighted by Gasteiger charge is -2.12. The first-order valence-corrected chi connectivity index (χ1v) is 10.7. The summed E-state index contributed by atoms with van der Waals surface area (Å²) < 4.78 is 5.17. The zero-order valence-electron chi connectivity index (χ0n) is 17.2. The standard InChI is InChI=1S/C23H19N3O5S/c1-14-6-2-5-9-18(14)25-19(27)10-20-24-15(13-32-20)12-31-21(28)11-26-22(29)16-7-3-4-8-17(16)23(26)30/h2-9,13H,10-12H2,1H3,(H,25,27). The van der Waals surface area contributed by atoms with Crippen LogP contribution in [0.1, 0.15) is 37.0 Å². The van der Waals surface area contributed by atoms with Gasteiger partial charge in [-0.2, -0.15) is 0 Å². The van der Waals surface area contributed by atoms with Crippen molar-refractivity contribution in [3.63, 3.8) is 0 Å². The highest BCUT2D eigenvalue weighted by Gasteiger charge is 2.36. The van der Waals surface area contributed by atoms with Crippen LogP contribution in [-0.2, 0) is 27.4 Å². The second-order valence-electron chi connectivity index (χ2n) is 7.18. The average molecular weight is 449 g/mol. The van der Waals surface area contributed by atoms with Crippen LogP contribution in [0, 0.1) is 6.92 Å². The molecule has 0 saturated carbocycles. The lowest BCUT2D eigenvalue weighted by Crippen LogP contribution is -2.35. The molecular weight excluding hydrogens is 430 g/mol. The number of carbonyl (C=O) groups excluding carboxylic acids is 4. The SMILES string of the molecule is Cc1ccccc1NC(=O)Cc1nc(COC(=O)CN2C(=O)c3ccccc3C2=O)cs1. The minimum Gasteiger partial charge on any atom is -0.458 e. The van der Waals surface area contributed by atoms with E-state index in [0.717, 1.165) is 16.2 Å². The number of para-hydroxylation sites is 1. The average Bonchev–Trinajstić information content (AvgIpc) is 3.32. The zero-order valence-corrected chi connectivity index (χ0v) is 18.0. The Hall–Kier alpha value is -3.85. The number of anilines is 1. The quantitative estimate of drug-likeness (QED) is 0.439. The summed E-state index contributed by atoms with van der Waals surface area (Å²) in [4.78, 5) is 54.3. The molecule has 1 aliphatic heterocycles. The van der Waals surface area contributed by atoms with Gasteiger partial charge in [-0.15, -0.1) is 11.3 Å². The molecule has 1 N–H and O–H groups in total. The number of nitrogens with one attached hydrogen (secondary N) is 1. The van der Waals surface area contributed by atoms with E-state index >= 15 is 0 Å². The molecule has 9 heteroatoms. The van der Waals surface area contributed by atoms with Crippen molar-refractivity contribution in [1.82, 2.24) is 9.88 Å². The van der Waals surface area contributed by atoms with Gasteiger partial charge >= 0.3 is 5.97 Å². The van der Waals surface area contributed by atoms with E-state index in [-0.39, 0.29) is 30.1 Å². The number of hydrogen-bond donors (Lipinski definition) is 1. The summed E-state index contributed by atoms with van der Waals surface area (Å²) >= 11 is 1.29. The van der Waals surface area contributed by atoms with Crippen LogP contribution in [0.5, 0.6) is 0 Å². The van der Waals surface area contributed by atoms with Crippen LogP contribution in [0.2, 0.25) is 0 Å². The number of rotatable bonds is 7. The van der Waals surface area contributed by atoms with Crippen LogP contribution < -0.4 is 5.32 Å². The lowest BCUT2D eigenvalue weighted by molar-refractivity contribution is -0.145. The van der Waals surface area contributed by atoms with Crippen molar-refractivity contribution in [2.75, 3.05) is 11.9 Å². The fraction of sp³-hybridized carbons (Fsp3) is 0.174. The number of fused-ring (bicyclic) bond motifs is 1. The maximum Gasteiger partial charge on any atom is 0.326 e. The Kier molecular flexibility index (Phi) is 6.09. The number of ether oxygens (including phenoxy) is 1. The maximum absolute atomic E-state index is 12.3. The van der Waals surface area contributed by atoms with Crippen LogP contribution in [0.3, 0.4) is 0 Å². The Bertz CT molecular complexity index is 1180. The Balaban J connectivity index is 1.28. The summed E-state index contributed by atoms with van der Waals surface area (Å²) in [7, 11) is 0. The topological polar surface area (TPSA) is 106 Å². The van der Waals surface area contributed by atoms with Crippen molar-refractivity contribution in [3.05, 3.63) is 81.3 Å². The van der Waals surface area contributed by atoms with E-state index in [2.05, 4.69) is 10.3 Å². The van der Waals surface area contributed by atoms with Gasteiger partial charge in [0.15, 0.2) is 0 Å². The van der Waals surface area contributed by atoms with Gasteiger partial charge in [-0.1, -0.05) is 30.3 Å². The Morgan fingerprint density at radius 3 is 2.38 bits per heavy atom. The molecule has 8 nitrogen and oxygen atoms in total. The third-order valence-electron chi connectivity index (χ3n) is 4.88. The summed E-state index contributed by atoms with van der Waals surface area (Å²) in [5.41, 5.74) is 2.75. The summed E-state index contributed by atoms with van der Waals surface area (Å²) in [6, 6.07) is 13.9. The van der Waals surface area contributed by atoms with Gasteiger partial charge in [0.25, 0.3) is 11.8 Å². The van der Waals surface area contributed by atoms with E-state index < -0.39 is 24.3 Å². The molecule has 3 aromatic rings.